The van der Waals surface area contributed by atoms with Crippen molar-refractivity contribution < 1.29 is 14.0 Å². The molecule has 2 aliphatic rings. The minimum absolute atomic E-state index is 0.0636. The third-order valence-electron chi connectivity index (χ3n) is 6.16. The number of pyridine rings is 1. The van der Waals surface area contributed by atoms with Crippen molar-refractivity contribution in [2.45, 2.75) is 19.5 Å². The van der Waals surface area contributed by atoms with Gasteiger partial charge in [-0.1, -0.05) is 0 Å². The van der Waals surface area contributed by atoms with Gasteiger partial charge in [-0.3, -0.25) is 19.2 Å². The minimum atomic E-state index is -0.633. The Morgan fingerprint density at radius 1 is 1.25 bits per heavy atom. The quantitative estimate of drug-likeness (QED) is 0.604. The molecule has 32 heavy (non-hydrogen) atoms. The zero-order chi connectivity index (χ0) is 22.4. The molecule has 0 unspecified atom stereocenters. The van der Waals surface area contributed by atoms with Crippen LogP contribution < -0.4 is 15.5 Å². The molecule has 2 amide bonds. The van der Waals surface area contributed by atoms with Crippen LogP contribution in [0.3, 0.4) is 0 Å². The lowest BCUT2D eigenvalue weighted by molar-refractivity contribution is -0.119. The van der Waals surface area contributed by atoms with E-state index in [0.717, 1.165) is 41.8 Å². The van der Waals surface area contributed by atoms with Crippen molar-refractivity contribution in [1.82, 2.24) is 25.0 Å². The first-order valence-electron chi connectivity index (χ1n) is 10.6. The monoisotopic (exact) mass is 437 g/mol. The van der Waals surface area contributed by atoms with E-state index in [-0.39, 0.29) is 17.6 Å². The van der Waals surface area contributed by atoms with Crippen molar-refractivity contribution >= 4 is 34.1 Å². The highest BCUT2D eigenvalue weighted by atomic mass is 19.1. The molecule has 5 rings (SSSR count). The number of nitrogens with zero attached hydrogens (tertiary/aromatic N) is 5. The van der Waals surface area contributed by atoms with E-state index in [1.165, 1.54) is 7.05 Å². The molecule has 1 saturated heterocycles. The minimum Gasteiger partial charge on any atom is -0.365 e. The van der Waals surface area contributed by atoms with Crippen molar-refractivity contribution in [1.29, 1.82) is 0 Å². The number of anilines is 2. The SMILES string of the molecule is CNC(=O)c1ccc(N2CCN(Cc3cc4c5c(cnn5[C@@H](C)C(=O)N4)c3)CC2)c(F)n1. The molecular formula is C22H24FN7O2. The van der Waals surface area contributed by atoms with Crippen LogP contribution in [-0.2, 0) is 11.3 Å². The predicted octanol–water partition coefficient (Wildman–Crippen LogP) is 1.77. The van der Waals surface area contributed by atoms with Gasteiger partial charge in [-0.15, -0.1) is 0 Å². The molecular weight excluding hydrogens is 413 g/mol. The highest BCUT2D eigenvalue weighted by Crippen LogP contribution is 2.32. The number of amides is 2. The number of halogens is 1. The van der Waals surface area contributed by atoms with Gasteiger partial charge in [0.15, 0.2) is 0 Å². The van der Waals surface area contributed by atoms with Crippen molar-refractivity contribution in [3.8, 4) is 0 Å². The zero-order valence-corrected chi connectivity index (χ0v) is 17.9. The van der Waals surface area contributed by atoms with E-state index in [1.807, 2.05) is 17.9 Å². The van der Waals surface area contributed by atoms with Crippen LogP contribution in [0.25, 0.3) is 10.9 Å². The highest BCUT2D eigenvalue weighted by Gasteiger charge is 2.27. The first-order valence-corrected chi connectivity index (χ1v) is 10.6. The summed E-state index contributed by atoms with van der Waals surface area (Å²) < 4.78 is 16.3. The molecule has 0 aliphatic carbocycles. The van der Waals surface area contributed by atoms with Gasteiger partial charge < -0.3 is 15.5 Å². The van der Waals surface area contributed by atoms with Gasteiger partial charge in [0, 0.05) is 45.2 Å². The Hall–Kier alpha value is -3.53. The van der Waals surface area contributed by atoms with Gasteiger partial charge in [0.1, 0.15) is 11.7 Å². The molecule has 2 N–H and O–H groups in total. The Balaban J connectivity index is 1.27. The van der Waals surface area contributed by atoms with E-state index in [2.05, 4.69) is 31.7 Å². The van der Waals surface area contributed by atoms with Gasteiger partial charge in [0.2, 0.25) is 11.9 Å². The standard InChI is InChI=1S/C22H24FN7O2/c1-13-21(31)27-17-10-14(9-15-11-25-30(13)19(15)17)12-28-5-7-29(8-6-28)18-4-3-16(22(32)24-2)26-20(18)23/h3-4,9-11,13H,5-8,12H2,1-2H3,(H,24,32)(H,27,31)/t13-/m0/s1. The summed E-state index contributed by atoms with van der Waals surface area (Å²) in [4.78, 5) is 31.9. The highest BCUT2D eigenvalue weighted by molar-refractivity contribution is 6.05. The van der Waals surface area contributed by atoms with Gasteiger partial charge in [-0.2, -0.15) is 9.49 Å². The van der Waals surface area contributed by atoms with E-state index in [1.54, 1.807) is 23.0 Å². The fourth-order valence-electron chi connectivity index (χ4n) is 4.41. The average Bonchev–Trinajstić information content (AvgIpc) is 3.22. The number of aromatic nitrogens is 3. The number of carbonyl (C=O) groups is 2. The van der Waals surface area contributed by atoms with Crippen LogP contribution in [0.5, 0.6) is 0 Å². The summed E-state index contributed by atoms with van der Waals surface area (Å²) in [7, 11) is 1.49. The van der Waals surface area contributed by atoms with Crippen LogP contribution in [-0.4, -0.2) is 64.7 Å². The molecule has 4 heterocycles. The summed E-state index contributed by atoms with van der Waals surface area (Å²) in [6.07, 6.45) is 1.80. The molecule has 2 aliphatic heterocycles. The maximum atomic E-state index is 14.5. The Bertz CT molecular complexity index is 1220. The second-order valence-corrected chi connectivity index (χ2v) is 8.18. The number of rotatable bonds is 4. The second kappa shape index (κ2) is 7.86. The molecule has 1 aromatic carbocycles. The van der Waals surface area contributed by atoms with E-state index < -0.39 is 11.9 Å². The lowest BCUT2D eigenvalue weighted by Gasteiger charge is -2.36. The fourth-order valence-corrected chi connectivity index (χ4v) is 4.41. The van der Waals surface area contributed by atoms with Crippen LogP contribution in [0.2, 0.25) is 0 Å². The van der Waals surface area contributed by atoms with Crippen LogP contribution in [0.4, 0.5) is 15.8 Å². The normalized spacial score (nSPS) is 18.7. The lowest BCUT2D eigenvalue weighted by Crippen LogP contribution is -2.46. The van der Waals surface area contributed by atoms with Crippen LogP contribution in [0.15, 0.2) is 30.5 Å². The van der Waals surface area contributed by atoms with Gasteiger partial charge >= 0.3 is 0 Å². The Kier molecular flexibility index (Phi) is 5.01. The lowest BCUT2D eigenvalue weighted by atomic mass is 10.1. The number of carbonyl (C=O) groups excluding carboxylic acids is 2. The Labute approximate surface area is 184 Å². The van der Waals surface area contributed by atoms with Crippen LogP contribution in [0, 0.1) is 5.95 Å². The molecule has 1 atom stereocenters. The van der Waals surface area contributed by atoms with Gasteiger partial charge in [0.05, 0.1) is 23.1 Å². The predicted molar refractivity (Wildman–Crippen MR) is 118 cm³/mol. The number of hydrogen-bond acceptors (Lipinski definition) is 6. The van der Waals surface area contributed by atoms with Crippen LogP contribution >= 0.6 is 0 Å². The van der Waals surface area contributed by atoms with Crippen molar-refractivity contribution in [3.05, 3.63) is 47.7 Å². The number of nitrogens with one attached hydrogen (secondary N) is 2. The van der Waals surface area contributed by atoms with E-state index in [9.17, 15) is 14.0 Å². The Morgan fingerprint density at radius 3 is 2.75 bits per heavy atom. The van der Waals surface area contributed by atoms with Gasteiger partial charge in [0.25, 0.3) is 5.91 Å². The summed E-state index contributed by atoms with van der Waals surface area (Å²) in [5.74, 6) is -1.11. The summed E-state index contributed by atoms with van der Waals surface area (Å²) in [6, 6.07) is 6.96. The average molecular weight is 437 g/mol. The largest absolute Gasteiger partial charge is 0.365 e. The van der Waals surface area contributed by atoms with Crippen molar-refractivity contribution in [2.75, 3.05) is 43.4 Å². The Morgan fingerprint density at radius 2 is 2.03 bits per heavy atom. The molecule has 3 aromatic rings. The van der Waals surface area contributed by atoms with E-state index >= 15 is 0 Å². The molecule has 0 spiro atoms. The van der Waals surface area contributed by atoms with Gasteiger partial charge in [-0.25, -0.2) is 4.98 Å². The third kappa shape index (κ3) is 3.46. The van der Waals surface area contributed by atoms with E-state index in [0.29, 0.717) is 18.8 Å². The number of hydrogen-bond donors (Lipinski definition) is 2. The summed E-state index contributed by atoms with van der Waals surface area (Å²) in [5.41, 5.74) is 3.32. The first-order chi connectivity index (χ1) is 15.4. The third-order valence-corrected chi connectivity index (χ3v) is 6.16. The molecule has 0 saturated carbocycles. The molecule has 0 bridgehead atoms. The molecule has 0 radical (unpaired) electrons. The fraction of sp³-hybridized carbons (Fsp3) is 0.364. The molecule has 10 heteroatoms. The molecule has 9 nitrogen and oxygen atoms in total. The van der Waals surface area contributed by atoms with Crippen molar-refractivity contribution in [3.63, 3.8) is 0 Å². The summed E-state index contributed by atoms with van der Waals surface area (Å²) >= 11 is 0. The van der Waals surface area contributed by atoms with Gasteiger partial charge in [-0.05, 0) is 36.8 Å². The van der Waals surface area contributed by atoms with E-state index in [4.69, 9.17) is 0 Å². The maximum absolute atomic E-state index is 14.5. The maximum Gasteiger partial charge on any atom is 0.269 e. The number of benzene rings is 1. The van der Waals surface area contributed by atoms with Crippen molar-refractivity contribution in [2.24, 2.45) is 0 Å². The summed E-state index contributed by atoms with van der Waals surface area (Å²) in [5, 5.41) is 10.8. The first kappa shape index (κ1) is 20.4. The summed E-state index contributed by atoms with van der Waals surface area (Å²) in [6.45, 7) is 5.38. The topological polar surface area (TPSA) is 95.4 Å². The smallest absolute Gasteiger partial charge is 0.269 e. The second-order valence-electron chi connectivity index (χ2n) is 8.18. The molecule has 2 aromatic heterocycles. The molecule has 1 fully saturated rings. The van der Waals surface area contributed by atoms with Crippen LogP contribution in [0.1, 0.15) is 29.0 Å². The molecule has 166 valence electrons. The number of piperazine rings is 1. The zero-order valence-electron chi connectivity index (χ0n) is 17.9.